The van der Waals surface area contributed by atoms with Crippen molar-refractivity contribution in [2.75, 3.05) is 11.9 Å². The van der Waals surface area contributed by atoms with Crippen molar-refractivity contribution in [1.82, 2.24) is 0 Å². The van der Waals surface area contributed by atoms with Crippen molar-refractivity contribution in [1.29, 1.82) is 0 Å². The average Bonchev–Trinajstić information content (AvgIpc) is 2.70. The number of benzene rings is 2. The van der Waals surface area contributed by atoms with Crippen molar-refractivity contribution < 1.29 is 19.1 Å². The van der Waals surface area contributed by atoms with Gasteiger partial charge in [-0.2, -0.15) is 0 Å². The Labute approximate surface area is 159 Å². The molecule has 0 aliphatic heterocycles. The number of nitrogens with one attached hydrogen (secondary N) is 1. The topological polar surface area (TPSA) is 64.6 Å². The molecule has 142 valence electrons. The van der Waals surface area contributed by atoms with Gasteiger partial charge in [0.15, 0.2) is 0 Å². The first-order valence-corrected chi connectivity index (χ1v) is 9.51. The molecule has 0 spiro atoms. The van der Waals surface area contributed by atoms with E-state index in [0.717, 1.165) is 31.4 Å². The summed E-state index contributed by atoms with van der Waals surface area (Å²) < 4.78 is 10.9. The molecule has 0 unspecified atom stereocenters. The summed E-state index contributed by atoms with van der Waals surface area (Å²) in [7, 11) is 0. The van der Waals surface area contributed by atoms with E-state index in [1.807, 2.05) is 6.92 Å². The molecule has 0 radical (unpaired) electrons. The van der Waals surface area contributed by atoms with Crippen LogP contribution in [0.2, 0.25) is 0 Å². The minimum Gasteiger partial charge on any atom is -0.494 e. The fraction of sp³-hybridized carbons (Fsp3) is 0.364. The Morgan fingerprint density at radius 3 is 2.19 bits per heavy atom. The number of amides is 1. The van der Waals surface area contributed by atoms with E-state index in [9.17, 15) is 9.59 Å². The number of esters is 1. The van der Waals surface area contributed by atoms with Gasteiger partial charge in [0.1, 0.15) is 11.9 Å². The lowest BCUT2D eigenvalue weighted by Crippen LogP contribution is -2.20. The number of ether oxygens (including phenoxy) is 2. The highest BCUT2D eigenvalue weighted by Gasteiger charge is 2.18. The van der Waals surface area contributed by atoms with Crippen LogP contribution in [0.4, 0.5) is 5.69 Å². The fourth-order valence-corrected chi connectivity index (χ4v) is 3.16. The summed E-state index contributed by atoms with van der Waals surface area (Å²) >= 11 is 0. The first-order valence-electron chi connectivity index (χ1n) is 9.51. The monoisotopic (exact) mass is 367 g/mol. The number of hydrogen-bond acceptors (Lipinski definition) is 4. The van der Waals surface area contributed by atoms with E-state index in [-0.39, 0.29) is 18.0 Å². The van der Waals surface area contributed by atoms with Gasteiger partial charge in [0.25, 0.3) is 5.91 Å². The first-order chi connectivity index (χ1) is 13.2. The molecule has 1 amide bonds. The van der Waals surface area contributed by atoms with Gasteiger partial charge >= 0.3 is 5.97 Å². The van der Waals surface area contributed by atoms with Crippen molar-refractivity contribution in [3.63, 3.8) is 0 Å². The maximum Gasteiger partial charge on any atom is 0.338 e. The molecule has 0 atom stereocenters. The van der Waals surface area contributed by atoms with E-state index in [1.165, 1.54) is 6.42 Å². The van der Waals surface area contributed by atoms with E-state index in [0.29, 0.717) is 23.4 Å². The van der Waals surface area contributed by atoms with E-state index in [2.05, 4.69) is 5.32 Å². The van der Waals surface area contributed by atoms with Crippen LogP contribution >= 0.6 is 0 Å². The van der Waals surface area contributed by atoms with Gasteiger partial charge in [-0.25, -0.2) is 4.79 Å². The Morgan fingerprint density at radius 2 is 1.56 bits per heavy atom. The standard InChI is InChI=1S/C22H25NO4/c1-2-26-19-14-10-16(11-15-19)21(24)23-18-12-8-17(9-13-18)22(25)27-20-6-4-3-5-7-20/h8-15,20H,2-7H2,1H3,(H,23,24). The van der Waals surface area contributed by atoms with E-state index < -0.39 is 0 Å². The Kier molecular flexibility index (Phi) is 6.47. The molecule has 0 bridgehead atoms. The summed E-state index contributed by atoms with van der Waals surface area (Å²) in [4.78, 5) is 24.6. The third-order valence-corrected chi connectivity index (χ3v) is 4.63. The smallest absolute Gasteiger partial charge is 0.338 e. The largest absolute Gasteiger partial charge is 0.494 e. The van der Waals surface area contributed by atoms with Crippen LogP contribution in [0.15, 0.2) is 48.5 Å². The molecule has 0 saturated heterocycles. The lowest BCUT2D eigenvalue weighted by atomic mass is 9.98. The molecule has 1 saturated carbocycles. The Bertz CT molecular complexity index is 762. The minimum atomic E-state index is -0.300. The third-order valence-electron chi connectivity index (χ3n) is 4.63. The van der Waals surface area contributed by atoms with Gasteiger partial charge in [-0.05, 0) is 81.1 Å². The van der Waals surface area contributed by atoms with Crippen molar-refractivity contribution >= 4 is 17.6 Å². The normalized spacial score (nSPS) is 14.4. The van der Waals surface area contributed by atoms with Crippen LogP contribution in [0.5, 0.6) is 5.75 Å². The highest BCUT2D eigenvalue weighted by Crippen LogP contribution is 2.22. The van der Waals surface area contributed by atoms with Gasteiger partial charge in [-0.1, -0.05) is 6.42 Å². The molecule has 1 aliphatic rings. The Hall–Kier alpha value is -2.82. The van der Waals surface area contributed by atoms with Gasteiger partial charge in [0, 0.05) is 11.3 Å². The van der Waals surface area contributed by atoms with Gasteiger partial charge in [0.05, 0.1) is 12.2 Å². The number of carbonyl (C=O) groups excluding carboxylic acids is 2. The zero-order valence-corrected chi connectivity index (χ0v) is 15.6. The van der Waals surface area contributed by atoms with Gasteiger partial charge in [-0.15, -0.1) is 0 Å². The van der Waals surface area contributed by atoms with Gasteiger partial charge in [-0.3, -0.25) is 4.79 Å². The summed E-state index contributed by atoms with van der Waals surface area (Å²) in [6.45, 7) is 2.50. The second-order valence-electron chi connectivity index (χ2n) is 6.65. The van der Waals surface area contributed by atoms with Crippen LogP contribution in [0.1, 0.15) is 59.7 Å². The second kappa shape index (κ2) is 9.21. The minimum absolute atomic E-state index is 0.0327. The summed E-state index contributed by atoms with van der Waals surface area (Å²) in [5.41, 5.74) is 1.67. The van der Waals surface area contributed by atoms with Crippen LogP contribution in [-0.4, -0.2) is 24.6 Å². The number of hydrogen-bond donors (Lipinski definition) is 1. The fourth-order valence-electron chi connectivity index (χ4n) is 3.16. The zero-order valence-electron chi connectivity index (χ0n) is 15.6. The van der Waals surface area contributed by atoms with E-state index in [1.54, 1.807) is 48.5 Å². The van der Waals surface area contributed by atoms with Gasteiger partial charge in [0.2, 0.25) is 0 Å². The summed E-state index contributed by atoms with van der Waals surface area (Å²) in [6, 6.07) is 13.8. The van der Waals surface area contributed by atoms with E-state index in [4.69, 9.17) is 9.47 Å². The Balaban J connectivity index is 1.56. The molecule has 1 aliphatic carbocycles. The summed E-state index contributed by atoms with van der Waals surface area (Å²) in [5, 5.41) is 2.83. The van der Waals surface area contributed by atoms with Crippen molar-refractivity contribution in [3.05, 3.63) is 59.7 Å². The number of rotatable bonds is 6. The molecule has 5 nitrogen and oxygen atoms in total. The van der Waals surface area contributed by atoms with Crippen LogP contribution in [0.25, 0.3) is 0 Å². The lowest BCUT2D eigenvalue weighted by Gasteiger charge is -2.21. The van der Waals surface area contributed by atoms with Crippen molar-refractivity contribution in [2.24, 2.45) is 0 Å². The van der Waals surface area contributed by atoms with Crippen molar-refractivity contribution in [3.8, 4) is 5.75 Å². The molecule has 0 heterocycles. The van der Waals surface area contributed by atoms with Crippen molar-refractivity contribution in [2.45, 2.75) is 45.1 Å². The van der Waals surface area contributed by atoms with Crippen LogP contribution in [0, 0.1) is 0 Å². The average molecular weight is 367 g/mol. The molecule has 0 aromatic heterocycles. The third kappa shape index (κ3) is 5.33. The van der Waals surface area contributed by atoms with Crippen LogP contribution in [0.3, 0.4) is 0 Å². The summed E-state index contributed by atoms with van der Waals surface area (Å²) in [5.74, 6) is 0.219. The molecular formula is C22H25NO4. The maximum absolute atomic E-state index is 12.3. The van der Waals surface area contributed by atoms with Crippen LogP contribution < -0.4 is 10.1 Å². The summed E-state index contributed by atoms with van der Waals surface area (Å²) in [6.07, 6.45) is 5.38. The predicted molar refractivity (Wildman–Crippen MR) is 104 cm³/mol. The Morgan fingerprint density at radius 1 is 0.926 bits per heavy atom. The molecule has 2 aromatic carbocycles. The first kappa shape index (κ1) is 19.0. The van der Waals surface area contributed by atoms with Gasteiger partial charge < -0.3 is 14.8 Å². The molecular weight excluding hydrogens is 342 g/mol. The molecule has 27 heavy (non-hydrogen) atoms. The molecule has 3 rings (SSSR count). The molecule has 5 heteroatoms. The predicted octanol–water partition coefficient (Wildman–Crippen LogP) is 4.83. The maximum atomic E-state index is 12.3. The quantitative estimate of drug-likeness (QED) is 0.743. The number of carbonyl (C=O) groups is 2. The highest BCUT2D eigenvalue weighted by atomic mass is 16.5. The second-order valence-corrected chi connectivity index (χ2v) is 6.65. The molecule has 1 fully saturated rings. The van der Waals surface area contributed by atoms with Crippen LogP contribution in [-0.2, 0) is 4.74 Å². The zero-order chi connectivity index (χ0) is 19.1. The lowest BCUT2D eigenvalue weighted by molar-refractivity contribution is 0.0211. The molecule has 1 N–H and O–H groups in total. The SMILES string of the molecule is CCOc1ccc(C(=O)Nc2ccc(C(=O)OC3CCCCC3)cc2)cc1. The molecule has 2 aromatic rings. The van der Waals surface area contributed by atoms with E-state index >= 15 is 0 Å². The highest BCUT2D eigenvalue weighted by molar-refractivity contribution is 6.04. The number of anilines is 1.